The summed E-state index contributed by atoms with van der Waals surface area (Å²) in [5, 5.41) is 49.1. The number of azo groups is 2. The van der Waals surface area contributed by atoms with Crippen molar-refractivity contribution < 1.29 is 28.7 Å². The third kappa shape index (κ3) is 8.14. The lowest BCUT2D eigenvalue weighted by Gasteiger charge is -2.12. The van der Waals surface area contributed by atoms with Crippen LogP contribution in [0, 0.1) is 22.7 Å². The van der Waals surface area contributed by atoms with Crippen molar-refractivity contribution in [3.8, 4) is 35.3 Å². The topological polar surface area (TPSA) is 269 Å². The van der Waals surface area contributed by atoms with Gasteiger partial charge in [-0.25, -0.2) is 9.97 Å². The van der Waals surface area contributed by atoms with Crippen LogP contribution >= 0.6 is 0 Å². The van der Waals surface area contributed by atoms with Crippen LogP contribution in [0.25, 0.3) is 11.6 Å². The van der Waals surface area contributed by atoms with Gasteiger partial charge in [-0.3, -0.25) is 19.2 Å². The fourth-order valence-electron chi connectivity index (χ4n) is 4.70. The molecule has 0 saturated carbocycles. The van der Waals surface area contributed by atoms with E-state index >= 15 is 0 Å². The number of nitrogens with zero attached hydrogens (tertiary/aromatic N) is 12. The molecule has 0 fully saturated rings. The van der Waals surface area contributed by atoms with Gasteiger partial charge in [-0.2, -0.15) is 40.3 Å². The standard InChI is InChI=1S/C34H28N14O6/c1-19(49)29(33(51)41-23-9-5-7-11-25(23)53-3)43-45-31-21(14-35)16-39-47(31)27-13-28(38-18-37-27)48-32(22(15-36)17-40-48)46-44-30(20(2)50)34(52)42-24-10-6-8-12-26(24)54-4/h5-13,16-18,29-30H,1-4H3,(H,41,51)(H,42,52). The number of benzene rings is 2. The van der Waals surface area contributed by atoms with Crippen molar-refractivity contribution in [2.75, 3.05) is 24.9 Å². The Kier molecular flexibility index (Phi) is 11.6. The largest absolute Gasteiger partial charge is 0.495 e. The Balaban J connectivity index is 1.46. The highest BCUT2D eigenvalue weighted by atomic mass is 16.5. The SMILES string of the molecule is COc1ccccc1NC(=O)C(N=Nc1c(C#N)cnn1-c1cc(-n2ncc(C#N)c2N=NC(C(C)=O)C(=O)Nc2ccccc2OC)ncn1)C(C)=O. The van der Waals surface area contributed by atoms with Crippen LogP contribution < -0.4 is 20.1 Å². The molecule has 2 N–H and O–H groups in total. The number of carbonyl (C=O) groups excluding carboxylic acids is 4. The van der Waals surface area contributed by atoms with Crippen molar-refractivity contribution in [1.29, 1.82) is 10.5 Å². The highest BCUT2D eigenvalue weighted by Crippen LogP contribution is 2.28. The smallest absolute Gasteiger partial charge is 0.258 e. The average Bonchev–Trinajstić information content (AvgIpc) is 3.79. The molecule has 0 saturated heterocycles. The van der Waals surface area contributed by atoms with E-state index < -0.39 is 35.5 Å². The predicted molar refractivity (Wildman–Crippen MR) is 187 cm³/mol. The van der Waals surface area contributed by atoms with Gasteiger partial charge in [0.25, 0.3) is 11.8 Å². The lowest BCUT2D eigenvalue weighted by Crippen LogP contribution is -2.32. The van der Waals surface area contributed by atoms with E-state index in [1.165, 1.54) is 32.7 Å². The number of aromatic nitrogens is 6. The molecule has 270 valence electrons. The van der Waals surface area contributed by atoms with E-state index in [0.717, 1.165) is 29.5 Å². The van der Waals surface area contributed by atoms with Crippen LogP contribution in [0.1, 0.15) is 25.0 Å². The lowest BCUT2D eigenvalue weighted by molar-refractivity contribution is -0.127. The molecular formula is C34H28N14O6. The van der Waals surface area contributed by atoms with Crippen LogP contribution in [0.2, 0.25) is 0 Å². The summed E-state index contributed by atoms with van der Waals surface area (Å²) < 4.78 is 12.7. The Morgan fingerprint density at radius 2 is 1.11 bits per heavy atom. The molecule has 2 atom stereocenters. The molecule has 0 spiro atoms. The number of anilines is 2. The number of hydrogen-bond donors (Lipinski definition) is 2. The van der Waals surface area contributed by atoms with Crippen molar-refractivity contribution in [2.45, 2.75) is 25.9 Å². The molecule has 20 nitrogen and oxygen atoms in total. The third-order valence-corrected chi connectivity index (χ3v) is 7.33. The normalized spacial score (nSPS) is 12.0. The van der Waals surface area contributed by atoms with Gasteiger partial charge in [0, 0.05) is 6.07 Å². The number of rotatable bonds is 14. The zero-order valence-corrected chi connectivity index (χ0v) is 28.9. The fourth-order valence-corrected chi connectivity index (χ4v) is 4.70. The maximum atomic E-state index is 13.1. The summed E-state index contributed by atoms with van der Waals surface area (Å²) in [7, 11) is 2.85. The summed E-state index contributed by atoms with van der Waals surface area (Å²) in [4.78, 5) is 59.5. The molecule has 3 aromatic heterocycles. The summed E-state index contributed by atoms with van der Waals surface area (Å²) in [5.41, 5.74) is 0.446. The van der Waals surface area contributed by atoms with Crippen LogP contribution in [0.15, 0.2) is 93.8 Å². The summed E-state index contributed by atoms with van der Waals surface area (Å²) in [6, 6.07) is 15.1. The Hall–Kier alpha value is -8.00. The second-order valence-corrected chi connectivity index (χ2v) is 10.9. The van der Waals surface area contributed by atoms with Gasteiger partial charge in [-0.05, 0) is 38.1 Å². The molecule has 3 heterocycles. The van der Waals surface area contributed by atoms with E-state index in [-0.39, 0.29) is 34.4 Å². The van der Waals surface area contributed by atoms with Crippen molar-refractivity contribution >= 4 is 46.4 Å². The monoisotopic (exact) mass is 728 g/mol. The van der Waals surface area contributed by atoms with E-state index in [1.54, 1.807) is 48.5 Å². The van der Waals surface area contributed by atoms with Crippen LogP contribution in [0.5, 0.6) is 11.5 Å². The average molecular weight is 729 g/mol. The highest BCUT2D eigenvalue weighted by molar-refractivity contribution is 6.11. The maximum Gasteiger partial charge on any atom is 0.258 e. The number of methoxy groups -OCH3 is 2. The summed E-state index contributed by atoms with van der Waals surface area (Å²) in [5.74, 6) is -2.51. The van der Waals surface area contributed by atoms with Crippen molar-refractivity contribution in [3.63, 3.8) is 0 Å². The Bertz CT molecular complexity index is 2220. The van der Waals surface area contributed by atoms with Crippen molar-refractivity contribution in [2.24, 2.45) is 20.5 Å². The van der Waals surface area contributed by atoms with Gasteiger partial charge in [0.1, 0.15) is 41.1 Å². The Morgan fingerprint density at radius 1 is 0.704 bits per heavy atom. The molecule has 0 aliphatic carbocycles. The first kappa shape index (κ1) is 37.3. The number of ether oxygens (including phenoxy) is 2. The van der Waals surface area contributed by atoms with Gasteiger partial charge in [-0.1, -0.05) is 24.3 Å². The minimum absolute atomic E-state index is 0.0167. The van der Waals surface area contributed by atoms with E-state index in [2.05, 4.69) is 51.3 Å². The lowest BCUT2D eigenvalue weighted by atomic mass is 10.2. The minimum Gasteiger partial charge on any atom is -0.495 e. The van der Waals surface area contributed by atoms with Gasteiger partial charge in [0.15, 0.2) is 34.8 Å². The highest BCUT2D eigenvalue weighted by Gasteiger charge is 2.27. The van der Waals surface area contributed by atoms with Crippen LogP contribution in [-0.4, -0.2) is 79.2 Å². The summed E-state index contributed by atoms with van der Waals surface area (Å²) >= 11 is 0. The van der Waals surface area contributed by atoms with Gasteiger partial charge in [0.05, 0.1) is 38.0 Å². The number of carbonyl (C=O) groups is 4. The second-order valence-electron chi connectivity index (χ2n) is 10.9. The van der Waals surface area contributed by atoms with Gasteiger partial charge < -0.3 is 20.1 Å². The van der Waals surface area contributed by atoms with E-state index in [4.69, 9.17) is 9.47 Å². The number of hydrogen-bond acceptors (Lipinski definition) is 16. The molecular weight excluding hydrogens is 700 g/mol. The van der Waals surface area contributed by atoms with Gasteiger partial charge >= 0.3 is 0 Å². The minimum atomic E-state index is -1.61. The molecule has 54 heavy (non-hydrogen) atoms. The molecule has 0 aliphatic rings. The van der Waals surface area contributed by atoms with Crippen LogP contribution in [0.3, 0.4) is 0 Å². The third-order valence-electron chi connectivity index (χ3n) is 7.33. The predicted octanol–water partition coefficient (Wildman–Crippen LogP) is 3.97. The zero-order valence-electron chi connectivity index (χ0n) is 28.9. The molecule has 5 rings (SSSR count). The van der Waals surface area contributed by atoms with E-state index in [9.17, 15) is 29.7 Å². The molecule has 0 aliphatic heterocycles. The Morgan fingerprint density at radius 3 is 1.48 bits per heavy atom. The Labute approximate surface area is 305 Å². The fraction of sp³-hybridized carbons (Fsp3) is 0.176. The molecule has 2 aromatic carbocycles. The number of amides is 2. The zero-order chi connectivity index (χ0) is 38.8. The number of nitrogens with one attached hydrogen (secondary N) is 2. The number of Topliss-reactive ketones (excluding diaryl/α,β-unsaturated/α-hetero) is 2. The first-order valence-corrected chi connectivity index (χ1v) is 15.6. The first-order chi connectivity index (χ1) is 26.1. The van der Waals surface area contributed by atoms with Crippen molar-refractivity contribution in [3.05, 3.63) is 84.4 Å². The van der Waals surface area contributed by atoms with Crippen molar-refractivity contribution in [1.82, 2.24) is 29.5 Å². The number of nitriles is 2. The molecule has 2 unspecified atom stereocenters. The van der Waals surface area contributed by atoms with Gasteiger partial charge in [0.2, 0.25) is 12.1 Å². The number of ketones is 2. The second kappa shape index (κ2) is 16.8. The molecule has 2 amide bonds. The number of para-hydroxylation sites is 4. The molecule has 0 radical (unpaired) electrons. The molecule has 20 heteroatoms. The quantitative estimate of drug-likeness (QED) is 0.121. The summed E-state index contributed by atoms with van der Waals surface area (Å²) in [6.07, 6.45) is 3.46. The van der Waals surface area contributed by atoms with E-state index in [0.29, 0.717) is 22.9 Å². The van der Waals surface area contributed by atoms with Crippen LogP contribution in [0.4, 0.5) is 23.0 Å². The molecule has 5 aromatic rings. The first-order valence-electron chi connectivity index (χ1n) is 15.6. The maximum absolute atomic E-state index is 13.1. The van der Waals surface area contributed by atoms with Gasteiger partial charge in [-0.15, -0.1) is 10.2 Å². The molecule has 0 bridgehead atoms. The van der Waals surface area contributed by atoms with Crippen LogP contribution in [-0.2, 0) is 19.2 Å². The van der Waals surface area contributed by atoms with E-state index in [1.807, 2.05) is 12.1 Å². The summed E-state index contributed by atoms with van der Waals surface area (Å²) in [6.45, 7) is 2.31.